The molecule has 0 heterocycles. The Bertz CT molecular complexity index is 420. The summed E-state index contributed by atoms with van der Waals surface area (Å²) in [6.07, 6.45) is -0.490. The second-order valence-corrected chi connectivity index (χ2v) is 4.83. The van der Waals surface area contributed by atoms with E-state index >= 15 is 0 Å². The van der Waals surface area contributed by atoms with Crippen molar-refractivity contribution in [2.75, 3.05) is 11.5 Å². The van der Waals surface area contributed by atoms with Crippen LogP contribution in [-0.2, 0) is 19.2 Å². The van der Waals surface area contributed by atoms with Gasteiger partial charge in [-0.15, -0.1) is 0 Å². The molecule has 0 aliphatic carbocycles. The summed E-state index contributed by atoms with van der Waals surface area (Å²) in [6, 6.07) is -3.55. The molecule has 9 nitrogen and oxygen atoms in total. The normalized spacial score (nSPS) is 14.6. The molecule has 0 fully saturated rings. The molecule has 0 aliphatic heterocycles. The zero-order valence-corrected chi connectivity index (χ0v) is 12.8. The number of aliphatic carboxylic acids is 1. The predicted molar refractivity (Wildman–Crippen MR) is 81.0 cm³/mol. The second kappa shape index (κ2) is 9.47. The van der Waals surface area contributed by atoms with Crippen molar-refractivity contribution >= 4 is 48.9 Å². The monoisotopic (exact) mass is 338 g/mol. The molecule has 0 radical (unpaired) electrons. The van der Waals surface area contributed by atoms with E-state index in [1.54, 1.807) is 0 Å². The zero-order valence-electron chi connectivity index (χ0n) is 11.0. The Morgan fingerprint density at radius 3 is 1.90 bits per heavy atom. The average molecular weight is 338 g/mol. The van der Waals surface area contributed by atoms with E-state index in [4.69, 9.17) is 16.6 Å². The van der Waals surface area contributed by atoms with Gasteiger partial charge in [-0.05, 0) is 0 Å². The quantitative estimate of drug-likeness (QED) is 0.223. The first kappa shape index (κ1) is 19.5. The van der Waals surface area contributed by atoms with Gasteiger partial charge in [-0.25, -0.2) is 4.79 Å². The number of hydrogen-bond acceptors (Lipinski definition) is 7. The molecule has 0 aliphatic rings. The first-order valence-electron chi connectivity index (χ1n) is 5.82. The van der Waals surface area contributed by atoms with Crippen molar-refractivity contribution in [3.05, 3.63) is 0 Å². The molecule has 0 spiro atoms. The Morgan fingerprint density at radius 2 is 1.52 bits per heavy atom. The summed E-state index contributed by atoms with van der Waals surface area (Å²) in [5.41, 5.74) is 10.4. The number of carbonyl (C=O) groups is 4. The zero-order chi connectivity index (χ0) is 16.6. The minimum atomic E-state index is -1.32. The number of thiol groups is 2. The molecule has 0 saturated heterocycles. The fourth-order valence-electron chi connectivity index (χ4n) is 1.23. The minimum absolute atomic E-state index is 0.0329. The lowest BCUT2D eigenvalue weighted by Crippen LogP contribution is -2.56. The fraction of sp³-hybridized carbons (Fsp3) is 0.600. The maximum atomic E-state index is 11.9. The van der Waals surface area contributed by atoms with E-state index in [2.05, 4.69) is 35.9 Å². The molecular formula is C10H18N4O5S2. The van der Waals surface area contributed by atoms with Gasteiger partial charge >= 0.3 is 5.97 Å². The average Bonchev–Trinajstić information content (AvgIpc) is 2.41. The summed E-state index contributed by atoms with van der Waals surface area (Å²) in [6.45, 7) is 0. The molecule has 0 aromatic carbocycles. The number of carboxylic acid groups (broad SMARTS) is 1. The van der Waals surface area contributed by atoms with Crippen molar-refractivity contribution in [2.24, 2.45) is 11.5 Å². The Hall–Kier alpha value is -1.46. The number of hydrogen-bond donors (Lipinski definition) is 7. The summed E-state index contributed by atoms with van der Waals surface area (Å²) >= 11 is 7.61. The lowest BCUT2D eigenvalue weighted by atomic mass is 10.1. The van der Waals surface area contributed by atoms with Gasteiger partial charge in [-0.2, -0.15) is 25.3 Å². The first-order valence-corrected chi connectivity index (χ1v) is 7.08. The van der Waals surface area contributed by atoms with E-state index in [-0.39, 0.29) is 11.5 Å². The largest absolute Gasteiger partial charge is 0.480 e. The van der Waals surface area contributed by atoms with Gasteiger partial charge < -0.3 is 27.2 Å². The maximum Gasteiger partial charge on any atom is 0.327 e. The highest BCUT2D eigenvalue weighted by Crippen LogP contribution is 1.97. The van der Waals surface area contributed by atoms with E-state index in [0.29, 0.717) is 0 Å². The summed E-state index contributed by atoms with van der Waals surface area (Å²) in [4.78, 5) is 45.3. The second-order valence-electron chi connectivity index (χ2n) is 4.10. The van der Waals surface area contributed by atoms with Crippen LogP contribution in [-0.4, -0.2) is 58.4 Å². The van der Waals surface area contributed by atoms with Crippen LogP contribution in [0.3, 0.4) is 0 Å². The van der Waals surface area contributed by atoms with Gasteiger partial charge in [-0.1, -0.05) is 0 Å². The highest BCUT2D eigenvalue weighted by Gasteiger charge is 2.28. The molecule has 0 unspecified atom stereocenters. The van der Waals surface area contributed by atoms with E-state index < -0.39 is 48.2 Å². The fourth-order valence-corrected chi connectivity index (χ4v) is 1.64. The number of rotatable bonds is 9. The van der Waals surface area contributed by atoms with E-state index in [9.17, 15) is 19.2 Å². The van der Waals surface area contributed by atoms with E-state index in [1.165, 1.54) is 0 Å². The van der Waals surface area contributed by atoms with Crippen LogP contribution < -0.4 is 22.1 Å². The van der Waals surface area contributed by atoms with Crippen LogP contribution >= 0.6 is 25.3 Å². The van der Waals surface area contributed by atoms with Gasteiger partial charge in [-0.3, -0.25) is 14.4 Å². The lowest BCUT2D eigenvalue weighted by Gasteiger charge is -2.21. The van der Waals surface area contributed by atoms with Crippen molar-refractivity contribution in [3.63, 3.8) is 0 Å². The Kier molecular flexibility index (Phi) is 8.81. The number of primary amides is 1. The maximum absolute atomic E-state index is 11.9. The molecule has 0 aromatic heterocycles. The number of carboxylic acids is 1. The molecule has 0 saturated carbocycles. The summed E-state index contributed by atoms with van der Waals surface area (Å²) in [7, 11) is 0. The van der Waals surface area contributed by atoms with Crippen LogP contribution in [0.2, 0.25) is 0 Å². The number of nitrogens with two attached hydrogens (primary N) is 2. The molecule has 120 valence electrons. The number of carbonyl (C=O) groups excluding carboxylic acids is 3. The Balaban J connectivity index is 4.88. The standard InChI is InChI=1S/C10H18N4O5S2/c11-4(2-20)8(16)13-5(1-7(12)15)9(17)14-6(3-21)10(18)19/h4-6,20-21H,1-3,11H2,(H2,12,15)(H,13,16)(H,14,17)(H,18,19)/t4-,5-,6-/m0/s1. The molecule has 0 aromatic rings. The molecule has 21 heavy (non-hydrogen) atoms. The van der Waals surface area contributed by atoms with Gasteiger partial charge in [0, 0.05) is 11.5 Å². The van der Waals surface area contributed by atoms with Gasteiger partial charge in [0.15, 0.2) is 0 Å². The van der Waals surface area contributed by atoms with Gasteiger partial charge in [0.2, 0.25) is 17.7 Å². The van der Waals surface area contributed by atoms with Crippen molar-refractivity contribution in [3.8, 4) is 0 Å². The van der Waals surface area contributed by atoms with Gasteiger partial charge in [0.25, 0.3) is 0 Å². The third-order valence-corrected chi connectivity index (χ3v) is 3.13. The highest BCUT2D eigenvalue weighted by molar-refractivity contribution is 7.80. The number of amides is 3. The van der Waals surface area contributed by atoms with Crippen molar-refractivity contribution < 1.29 is 24.3 Å². The molecule has 11 heteroatoms. The lowest BCUT2D eigenvalue weighted by molar-refractivity contribution is -0.141. The Morgan fingerprint density at radius 1 is 1.00 bits per heavy atom. The molecule has 3 amide bonds. The third kappa shape index (κ3) is 7.20. The van der Waals surface area contributed by atoms with Crippen LogP contribution in [0.25, 0.3) is 0 Å². The SMILES string of the molecule is NC(=O)C[C@H](NC(=O)[C@@H](N)CS)C(=O)N[C@@H](CS)C(=O)O. The summed E-state index contributed by atoms with van der Waals surface area (Å²) < 4.78 is 0. The number of nitrogens with one attached hydrogen (secondary N) is 2. The van der Waals surface area contributed by atoms with Crippen LogP contribution in [0.15, 0.2) is 0 Å². The first-order chi connectivity index (χ1) is 9.72. The van der Waals surface area contributed by atoms with Gasteiger partial charge in [0.1, 0.15) is 12.1 Å². The third-order valence-electron chi connectivity index (χ3n) is 2.37. The highest BCUT2D eigenvalue weighted by atomic mass is 32.1. The van der Waals surface area contributed by atoms with Crippen LogP contribution in [0.5, 0.6) is 0 Å². The van der Waals surface area contributed by atoms with Crippen molar-refractivity contribution in [1.29, 1.82) is 0 Å². The Labute approximate surface area is 132 Å². The summed E-state index contributed by atoms with van der Waals surface area (Å²) in [5, 5.41) is 13.2. The van der Waals surface area contributed by atoms with Crippen LogP contribution in [0, 0.1) is 0 Å². The van der Waals surface area contributed by atoms with E-state index in [1.807, 2.05) is 0 Å². The molecular weight excluding hydrogens is 320 g/mol. The van der Waals surface area contributed by atoms with Crippen LogP contribution in [0.1, 0.15) is 6.42 Å². The van der Waals surface area contributed by atoms with Crippen LogP contribution in [0.4, 0.5) is 0 Å². The molecule has 7 N–H and O–H groups in total. The molecule has 3 atom stereocenters. The molecule has 0 bridgehead atoms. The summed E-state index contributed by atoms with van der Waals surface area (Å²) in [5.74, 6) is -3.83. The molecule has 0 rings (SSSR count). The predicted octanol–water partition coefficient (Wildman–Crippen LogP) is -2.90. The smallest absolute Gasteiger partial charge is 0.327 e. The minimum Gasteiger partial charge on any atom is -0.480 e. The van der Waals surface area contributed by atoms with Crippen molar-refractivity contribution in [1.82, 2.24) is 10.6 Å². The van der Waals surface area contributed by atoms with Gasteiger partial charge in [0.05, 0.1) is 12.5 Å². The topological polar surface area (TPSA) is 165 Å². The van der Waals surface area contributed by atoms with E-state index in [0.717, 1.165) is 0 Å². The van der Waals surface area contributed by atoms with Crippen molar-refractivity contribution in [2.45, 2.75) is 24.5 Å².